The number of halogens is 1. The lowest BCUT2D eigenvalue weighted by molar-refractivity contribution is 0.466. The summed E-state index contributed by atoms with van der Waals surface area (Å²) in [4.78, 5) is 4.73. The second kappa shape index (κ2) is 5.75. The van der Waals surface area contributed by atoms with Crippen molar-refractivity contribution >= 4 is 22.6 Å². The summed E-state index contributed by atoms with van der Waals surface area (Å²) >= 11 is 5.88. The second-order valence-electron chi connectivity index (χ2n) is 5.08. The molecule has 3 heteroatoms. The van der Waals surface area contributed by atoms with Crippen molar-refractivity contribution in [2.24, 2.45) is 5.92 Å². The minimum absolute atomic E-state index is 0.628. The number of rotatable bonds is 5. The minimum atomic E-state index is 0.628. The van der Waals surface area contributed by atoms with Gasteiger partial charge in [0.05, 0.1) is 11.0 Å². The summed E-state index contributed by atoms with van der Waals surface area (Å²) in [5.74, 6) is 2.41. The van der Waals surface area contributed by atoms with Gasteiger partial charge in [0.15, 0.2) is 0 Å². The Kier molecular flexibility index (Phi) is 4.28. The van der Waals surface area contributed by atoms with E-state index < -0.39 is 0 Å². The van der Waals surface area contributed by atoms with Gasteiger partial charge in [-0.05, 0) is 30.5 Å². The molecule has 0 aliphatic rings. The molecule has 2 rings (SSSR count). The monoisotopic (exact) mass is 264 g/mol. The van der Waals surface area contributed by atoms with Gasteiger partial charge >= 0.3 is 0 Å². The van der Waals surface area contributed by atoms with E-state index in [1.165, 1.54) is 17.5 Å². The van der Waals surface area contributed by atoms with E-state index in [1.54, 1.807) is 0 Å². The number of alkyl halides is 1. The lowest BCUT2D eigenvalue weighted by Crippen LogP contribution is -2.10. The van der Waals surface area contributed by atoms with Gasteiger partial charge in [0, 0.05) is 18.8 Å². The molecule has 98 valence electrons. The van der Waals surface area contributed by atoms with Gasteiger partial charge in [-0.3, -0.25) is 0 Å². The highest BCUT2D eigenvalue weighted by molar-refractivity contribution is 6.17. The topological polar surface area (TPSA) is 17.8 Å². The summed E-state index contributed by atoms with van der Waals surface area (Å²) in [5, 5.41) is 0. The summed E-state index contributed by atoms with van der Waals surface area (Å²) in [6.07, 6.45) is 2.03. The van der Waals surface area contributed by atoms with E-state index in [4.69, 9.17) is 16.6 Å². The second-order valence-corrected chi connectivity index (χ2v) is 5.46. The van der Waals surface area contributed by atoms with E-state index >= 15 is 0 Å². The summed E-state index contributed by atoms with van der Waals surface area (Å²) in [6.45, 7) is 7.65. The molecule has 1 atom stereocenters. The molecule has 0 fully saturated rings. The van der Waals surface area contributed by atoms with Gasteiger partial charge in [0.25, 0.3) is 0 Å². The third kappa shape index (κ3) is 2.69. The van der Waals surface area contributed by atoms with Gasteiger partial charge in [-0.25, -0.2) is 4.98 Å². The molecule has 0 aliphatic heterocycles. The molecular formula is C15H21ClN2. The van der Waals surface area contributed by atoms with Crippen LogP contribution in [0.2, 0.25) is 0 Å². The van der Waals surface area contributed by atoms with Crippen molar-refractivity contribution in [3.8, 4) is 0 Å². The Morgan fingerprint density at radius 3 is 2.83 bits per heavy atom. The average molecular weight is 265 g/mol. The van der Waals surface area contributed by atoms with Gasteiger partial charge in [-0.1, -0.05) is 26.3 Å². The van der Waals surface area contributed by atoms with Crippen LogP contribution in [0.5, 0.6) is 0 Å². The van der Waals surface area contributed by atoms with E-state index in [1.807, 2.05) is 0 Å². The molecule has 0 N–H and O–H groups in total. The molecule has 0 bridgehead atoms. The molecule has 18 heavy (non-hydrogen) atoms. The highest BCUT2D eigenvalue weighted by Crippen LogP contribution is 2.20. The summed E-state index contributed by atoms with van der Waals surface area (Å²) in [5.41, 5.74) is 3.59. The zero-order valence-electron chi connectivity index (χ0n) is 11.4. The molecule has 0 spiro atoms. The third-order valence-electron chi connectivity index (χ3n) is 3.49. The first-order chi connectivity index (χ1) is 8.65. The molecule has 0 aliphatic carbocycles. The van der Waals surface area contributed by atoms with Crippen molar-refractivity contribution in [2.75, 3.05) is 5.88 Å². The van der Waals surface area contributed by atoms with Gasteiger partial charge in [-0.15, -0.1) is 11.6 Å². The lowest BCUT2D eigenvalue weighted by atomic mass is 10.1. The molecule has 0 amide bonds. The van der Waals surface area contributed by atoms with E-state index in [0.717, 1.165) is 24.3 Å². The predicted octanol–water partition coefficient (Wildman–Crippen LogP) is 4.17. The van der Waals surface area contributed by atoms with E-state index in [0.29, 0.717) is 11.8 Å². The van der Waals surface area contributed by atoms with Gasteiger partial charge in [0.1, 0.15) is 5.82 Å². The first kappa shape index (κ1) is 13.4. The molecule has 2 aromatic rings. The first-order valence-electron chi connectivity index (χ1n) is 6.67. The van der Waals surface area contributed by atoms with Crippen LogP contribution in [-0.4, -0.2) is 15.4 Å². The van der Waals surface area contributed by atoms with E-state index in [2.05, 4.69) is 43.5 Å². The molecule has 0 saturated heterocycles. The number of nitrogens with zero attached hydrogens (tertiary/aromatic N) is 2. The van der Waals surface area contributed by atoms with Crippen molar-refractivity contribution in [3.63, 3.8) is 0 Å². The Balaban J connectivity index is 2.48. The van der Waals surface area contributed by atoms with Gasteiger partial charge < -0.3 is 4.57 Å². The van der Waals surface area contributed by atoms with Gasteiger partial charge in [-0.2, -0.15) is 0 Å². The number of aryl methyl sites for hydroxylation is 2. The van der Waals surface area contributed by atoms with Crippen molar-refractivity contribution in [1.82, 2.24) is 9.55 Å². The van der Waals surface area contributed by atoms with Crippen LogP contribution in [0.1, 0.15) is 31.7 Å². The van der Waals surface area contributed by atoms with Gasteiger partial charge in [0.2, 0.25) is 0 Å². The summed E-state index contributed by atoms with van der Waals surface area (Å²) in [7, 11) is 0. The maximum Gasteiger partial charge on any atom is 0.111 e. The molecule has 1 unspecified atom stereocenters. The number of imidazole rings is 1. The number of hydrogen-bond acceptors (Lipinski definition) is 1. The molecule has 1 heterocycles. The predicted molar refractivity (Wildman–Crippen MR) is 78.3 cm³/mol. The van der Waals surface area contributed by atoms with Crippen LogP contribution in [0.15, 0.2) is 18.2 Å². The Hall–Kier alpha value is -1.02. The summed E-state index contributed by atoms with van der Waals surface area (Å²) in [6, 6.07) is 6.49. The molecule has 2 nitrogen and oxygen atoms in total. The molecule has 0 radical (unpaired) electrons. The quantitative estimate of drug-likeness (QED) is 0.741. The zero-order valence-corrected chi connectivity index (χ0v) is 12.2. The highest BCUT2D eigenvalue weighted by atomic mass is 35.5. The Labute approximate surface area is 114 Å². The molecular weight excluding hydrogens is 244 g/mol. The fourth-order valence-electron chi connectivity index (χ4n) is 2.21. The maximum absolute atomic E-state index is 5.88. The number of hydrogen-bond donors (Lipinski definition) is 0. The van der Waals surface area contributed by atoms with Crippen LogP contribution < -0.4 is 0 Å². The van der Waals surface area contributed by atoms with Crippen LogP contribution in [0.3, 0.4) is 0 Å². The Morgan fingerprint density at radius 1 is 1.39 bits per heavy atom. The normalized spacial score (nSPS) is 13.1. The fraction of sp³-hybridized carbons (Fsp3) is 0.533. The number of fused-ring (bicyclic) bond motifs is 1. The molecule has 1 aromatic carbocycles. The van der Waals surface area contributed by atoms with Crippen LogP contribution in [0.4, 0.5) is 0 Å². The van der Waals surface area contributed by atoms with Crippen LogP contribution >= 0.6 is 11.6 Å². The third-order valence-corrected chi connectivity index (χ3v) is 3.68. The van der Waals surface area contributed by atoms with E-state index in [-0.39, 0.29) is 0 Å². The standard InChI is InChI=1S/C15H21ClN2/c1-4-11(2)10-18-14-6-5-12(3)9-13(14)17-15(18)7-8-16/h5-6,9,11H,4,7-8,10H2,1-3H3. The van der Waals surface area contributed by atoms with Crippen molar-refractivity contribution in [3.05, 3.63) is 29.6 Å². The van der Waals surface area contributed by atoms with Crippen molar-refractivity contribution in [1.29, 1.82) is 0 Å². The molecule has 1 aromatic heterocycles. The smallest absolute Gasteiger partial charge is 0.111 e. The van der Waals surface area contributed by atoms with Crippen LogP contribution in [0.25, 0.3) is 11.0 Å². The number of aromatic nitrogens is 2. The fourth-order valence-corrected chi connectivity index (χ4v) is 2.38. The van der Waals surface area contributed by atoms with Crippen LogP contribution in [-0.2, 0) is 13.0 Å². The lowest BCUT2D eigenvalue weighted by Gasteiger charge is -2.13. The zero-order chi connectivity index (χ0) is 13.1. The minimum Gasteiger partial charge on any atom is -0.328 e. The Bertz CT molecular complexity index is 531. The number of benzene rings is 1. The first-order valence-corrected chi connectivity index (χ1v) is 7.20. The SMILES string of the molecule is CCC(C)Cn1c(CCCl)nc2cc(C)ccc21. The van der Waals surface area contributed by atoms with Crippen LogP contribution in [0, 0.1) is 12.8 Å². The Morgan fingerprint density at radius 2 is 2.17 bits per heavy atom. The largest absolute Gasteiger partial charge is 0.328 e. The van der Waals surface area contributed by atoms with Crippen molar-refractivity contribution < 1.29 is 0 Å². The summed E-state index contributed by atoms with van der Waals surface area (Å²) < 4.78 is 2.34. The highest BCUT2D eigenvalue weighted by Gasteiger charge is 2.12. The maximum atomic E-state index is 5.88. The van der Waals surface area contributed by atoms with Crippen molar-refractivity contribution in [2.45, 2.75) is 40.2 Å². The average Bonchev–Trinajstić information content (AvgIpc) is 2.67. The molecule has 0 saturated carbocycles. The van der Waals surface area contributed by atoms with E-state index in [9.17, 15) is 0 Å².